The van der Waals surface area contributed by atoms with Crippen molar-refractivity contribution in [3.05, 3.63) is 52.8 Å². The second kappa shape index (κ2) is 6.72. The number of halogens is 3. The van der Waals surface area contributed by atoms with Crippen molar-refractivity contribution < 1.29 is 18.3 Å². The van der Waals surface area contributed by atoms with E-state index in [1.807, 2.05) is 10.6 Å². The van der Waals surface area contributed by atoms with Crippen LogP contribution in [0.2, 0.25) is 0 Å². The maximum Gasteiger partial charge on any atom is 0.168 e. The molecule has 2 aromatic carbocycles. The van der Waals surface area contributed by atoms with E-state index < -0.39 is 11.6 Å². The fourth-order valence-electron chi connectivity index (χ4n) is 2.96. The second-order valence-corrected chi connectivity index (χ2v) is 6.78. The monoisotopic (exact) mass is 408 g/mol. The number of hydrogen-bond acceptors (Lipinski definition) is 3. The minimum absolute atomic E-state index is 0.0213. The standard InChI is InChI=1S/C18H15BrF2N2O2/c19-12-8-15-14(22-10-23(15)18-3-1-2-6-24-18)9-17(12)25-16-5-4-11(20)7-13(16)21/h4-5,7-10,18H,1-3,6H2. The van der Waals surface area contributed by atoms with Gasteiger partial charge in [0.2, 0.25) is 0 Å². The van der Waals surface area contributed by atoms with Crippen molar-refractivity contribution >= 4 is 27.0 Å². The molecule has 0 spiro atoms. The Bertz CT molecular complexity index is 923. The average molecular weight is 409 g/mol. The Hall–Kier alpha value is -1.99. The number of benzene rings is 2. The molecule has 3 aromatic rings. The highest BCUT2D eigenvalue weighted by Crippen LogP contribution is 2.36. The topological polar surface area (TPSA) is 36.3 Å². The van der Waals surface area contributed by atoms with Gasteiger partial charge in [-0.1, -0.05) is 0 Å². The third kappa shape index (κ3) is 3.26. The molecule has 7 heteroatoms. The summed E-state index contributed by atoms with van der Waals surface area (Å²) in [5.41, 5.74) is 1.63. The number of hydrogen-bond donors (Lipinski definition) is 0. The highest BCUT2D eigenvalue weighted by Gasteiger charge is 2.19. The third-order valence-electron chi connectivity index (χ3n) is 4.21. The van der Waals surface area contributed by atoms with E-state index in [4.69, 9.17) is 9.47 Å². The van der Waals surface area contributed by atoms with Gasteiger partial charge in [-0.05, 0) is 53.4 Å². The van der Waals surface area contributed by atoms with Crippen molar-refractivity contribution in [3.8, 4) is 11.5 Å². The first-order valence-electron chi connectivity index (χ1n) is 8.02. The van der Waals surface area contributed by atoms with Crippen LogP contribution in [0.5, 0.6) is 11.5 Å². The van der Waals surface area contributed by atoms with Gasteiger partial charge in [0.25, 0.3) is 0 Å². The van der Waals surface area contributed by atoms with Crippen LogP contribution in [0.15, 0.2) is 41.1 Å². The van der Waals surface area contributed by atoms with Gasteiger partial charge in [0.05, 0.1) is 21.8 Å². The van der Waals surface area contributed by atoms with Gasteiger partial charge in [0, 0.05) is 18.7 Å². The molecule has 0 aliphatic carbocycles. The first kappa shape index (κ1) is 16.5. The number of nitrogens with zero attached hydrogens (tertiary/aromatic N) is 2. The van der Waals surface area contributed by atoms with Crippen LogP contribution in [-0.4, -0.2) is 16.2 Å². The Kier molecular flexibility index (Phi) is 4.43. The van der Waals surface area contributed by atoms with Crippen LogP contribution in [0.3, 0.4) is 0 Å². The summed E-state index contributed by atoms with van der Waals surface area (Å²) in [7, 11) is 0. The number of rotatable bonds is 3. The lowest BCUT2D eigenvalue weighted by molar-refractivity contribution is -0.0295. The molecule has 0 radical (unpaired) electrons. The van der Waals surface area contributed by atoms with Crippen LogP contribution in [0.1, 0.15) is 25.5 Å². The Morgan fingerprint density at radius 3 is 2.80 bits per heavy atom. The van der Waals surface area contributed by atoms with Crippen molar-refractivity contribution in [2.24, 2.45) is 0 Å². The summed E-state index contributed by atoms with van der Waals surface area (Å²) in [6.45, 7) is 0.747. The quantitative estimate of drug-likeness (QED) is 0.568. The molecule has 4 rings (SSSR count). The molecule has 130 valence electrons. The predicted molar refractivity (Wildman–Crippen MR) is 92.7 cm³/mol. The minimum Gasteiger partial charge on any atom is -0.453 e. The molecule has 1 aliphatic heterocycles. The van der Waals surface area contributed by atoms with Crippen LogP contribution in [0.4, 0.5) is 8.78 Å². The van der Waals surface area contributed by atoms with E-state index in [1.54, 1.807) is 12.4 Å². The molecule has 1 aromatic heterocycles. The van der Waals surface area contributed by atoms with Crippen molar-refractivity contribution in [1.29, 1.82) is 0 Å². The summed E-state index contributed by atoms with van der Waals surface area (Å²) < 4.78 is 40.9. The van der Waals surface area contributed by atoms with Gasteiger partial charge in [-0.15, -0.1) is 0 Å². The molecule has 1 saturated heterocycles. The molecule has 2 heterocycles. The lowest BCUT2D eigenvalue weighted by Gasteiger charge is -2.24. The fourth-order valence-corrected chi connectivity index (χ4v) is 3.37. The smallest absolute Gasteiger partial charge is 0.168 e. The Morgan fingerprint density at radius 1 is 1.16 bits per heavy atom. The number of fused-ring (bicyclic) bond motifs is 1. The van der Waals surface area contributed by atoms with E-state index in [0.717, 1.165) is 49.0 Å². The molecule has 1 unspecified atom stereocenters. The van der Waals surface area contributed by atoms with E-state index in [0.29, 0.717) is 10.2 Å². The summed E-state index contributed by atoms with van der Waals surface area (Å²) in [5.74, 6) is -1.04. The zero-order valence-corrected chi connectivity index (χ0v) is 14.8. The van der Waals surface area contributed by atoms with E-state index in [-0.39, 0.29) is 12.0 Å². The Labute approximate surface area is 151 Å². The zero-order valence-electron chi connectivity index (χ0n) is 13.2. The van der Waals surface area contributed by atoms with Crippen LogP contribution < -0.4 is 4.74 Å². The molecule has 0 bridgehead atoms. The average Bonchev–Trinajstić information content (AvgIpc) is 3.01. The third-order valence-corrected chi connectivity index (χ3v) is 4.83. The highest BCUT2D eigenvalue weighted by atomic mass is 79.9. The van der Waals surface area contributed by atoms with Crippen molar-refractivity contribution in [2.45, 2.75) is 25.5 Å². The van der Waals surface area contributed by atoms with Crippen molar-refractivity contribution in [1.82, 2.24) is 9.55 Å². The lowest BCUT2D eigenvalue weighted by Crippen LogP contribution is -2.17. The first-order chi connectivity index (χ1) is 12.1. The molecule has 1 atom stereocenters. The van der Waals surface area contributed by atoms with Gasteiger partial charge >= 0.3 is 0 Å². The number of imidazole rings is 1. The predicted octanol–water partition coefficient (Wildman–Crippen LogP) is 5.57. The molecule has 1 fully saturated rings. The minimum atomic E-state index is -0.756. The molecule has 25 heavy (non-hydrogen) atoms. The van der Waals surface area contributed by atoms with Gasteiger partial charge in [0.15, 0.2) is 11.6 Å². The van der Waals surface area contributed by atoms with Crippen LogP contribution >= 0.6 is 15.9 Å². The van der Waals surface area contributed by atoms with Crippen LogP contribution in [-0.2, 0) is 4.74 Å². The van der Waals surface area contributed by atoms with Crippen molar-refractivity contribution in [2.75, 3.05) is 6.61 Å². The Morgan fingerprint density at radius 2 is 2.04 bits per heavy atom. The van der Waals surface area contributed by atoms with E-state index in [1.165, 1.54) is 6.07 Å². The molecule has 0 N–H and O–H groups in total. The van der Waals surface area contributed by atoms with Gasteiger partial charge in [-0.2, -0.15) is 0 Å². The maximum atomic E-state index is 13.8. The van der Waals surface area contributed by atoms with Crippen LogP contribution in [0, 0.1) is 11.6 Å². The molecular weight excluding hydrogens is 394 g/mol. The second-order valence-electron chi connectivity index (χ2n) is 5.92. The molecule has 0 saturated carbocycles. The summed E-state index contributed by atoms with van der Waals surface area (Å²) in [4.78, 5) is 4.40. The Balaban J connectivity index is 1.68. The summed E-state index contributed by atoms with van der Waals surface area (Å²) >= 11 is 3.45. The summed E-state index contributed by atoms with van der Waals surface area (Å²) in [6, 6.07) is 6.80. The molecule has 1 aliphatic rings. The lowest BCUT2D eigenvalue weighted by atomic mass is 10.2. The van der Waals surface area contributed by atoms with Crippen LogP contribution in [0.25, 0.3) is 11.0 Å². The molecule has 0 amide bonds. The summed E-state index contributed by atoms with van der Waals surface area (Å²) in [5, 5.41) is 0. The number of aromatic nitrogens is 2. The maximum absolute atomic E-state index is 13.8. The highest BCUT2D eigenvalue weighted by molar-refractivity contribution is 9.10. The van der Waals surface area contributed by atoms with Crippen molar-refractivity contribution in [3.63, 3.8) is 0 Å². The molecule has 4 nitrogen and oxygen atoms in total. The van der Waals surface area contributed by atoms with Gasteiger partial charge in [-0.3, -0.25) is 0 Å². The summed E-state index contributed by atoms with van der Waals surface area (Å²) in [6.07, 6.45) is 4.87. The van der Waals surface area contributed by atoms with Gasteiger partial charge < -0.3 is 14.0 Å². The molecular formula is C18H15BrF2N2O2. The largest absolute Gasteiger partial charge is 0.453 e. The number of ether oxygens (including phenoxy) is 2. The van der Waals surface area contributed by atoms with E-state index in [2.05, 4.69) is 20.9 Å². The van der Waals surface area contributed by atoms with E-state index in [9.17, 15) is 8.78 Å². The normalized spacial score (nSPS) is 17.8. The first-order valence-corrected chi connectivity index (χ1v) is 8.82. The zero-order chi connectivity index (χ0) is 17.4. The fraction of sp³-hybridized carbons (Fsp3) is 0.278. The van der Waals surface area contributed by atoms with E-state index >= 15 is 0 Å². The van der Waals surface area contributed by atoms with Gasteiger partial charge in [0.1, 0.15) is 17.8 Å². The SMILES string of the molecule is Fc1ccc(Oc2cc3ncn(C4CCCCO4)c3cc2Br)c(F)c1. The van der Waals surface area contributed by atoms with Gasteiger partial charge in [-0.25, -0.2) is 13.8 Å².